The molecule has 0 aliphatic carbocycles. The lowest BCUT2D eigenvalue weighted by atomic mass is 9.77. The van der Waals surface area contributed by atoms with Crippen molar-refractivity contribution < 1.29 is 9.53 Å². The van der Waals surface area contributed by atoms with E-state index in [9.17, 15) is 4.79 Å². The summed E-state index contributed by atoms with van der Waals surface area (Å²) in [6.07, 6.45) is 2.55. The highest BCUT2D eigenvalue weighted by Gasteiger charge is 2.41. The summed E-state index contributed by atoms with van der Waals surface area (Å²) in [6.45, 7) is 4.85. The Morgan fingerprint density at radius 1 is 0.706 bits per heavy atom. The number of esters is 1. The Balaban J connectivity index is 1.26. The van der Waals surface area contributed by atoms with Gasteiger partial charge in [-0.05, 0) is 51.9 Å². The summed E-state index contributed by atoms with van der Waals surface area (Å²) in [5.74, 6) is 0.171. The average molecular weight is 673 g/mol. The van der Waals surface area contributed by atoms with Crippen LogP contribution in [0.3, 0.4) is 0 Å². The highest BCUT2D eigenvalue weighted by molar-refractivity contribution is 5.92. The minimum absolute atomic E-state index is 0.354. The smallest absolute Gasteiger partial charge is 0.341 e. The monoisotopic (exact) mass is 672 g/mol. The number of benzene rings is 5. The molecule has 5 aromatic carbocycles. The molecule has 7 rings (SSSR count). The lowest BCUT2D eigenvalue weighted by Gasteiger charge is -2.34. The lowest BCUT2D eigenvalue weighted by molar-refractivity contribution is 0.0598. The van der Waals surface area contributed by atoms with Crippen molar-refractivity contribution in [3.63, 3.8) is 0 Å². The van der Waals surface area contributed by atoms with Crippen LogP contribution in [0.2, 0.25) is 0 Å². The molecule has 0 atom stereocenters. The Morgan fingerprint density at radius 3 is 1.80 bits per heavy atom. The van der Waals surface area contributed by atoms with Gasteiger partial charge < -0.3 is 4.74 Å². The van der Waals surface area contributed by atoms with Gasteiger partial charge in [-0.25, -0.2) is 4.79 Å². The molecule has 0 amide bonds. The number of methoxy groups -OCH3 is 1. The molecule has 0 spiro atoms. The van der Waals surface area contributed by atoms with E-state index in [2.05, 4.69) is 73.7 Å². The van der Waals surface area contributed by atoms with Crippen LogP contribution in [0.4, 0.5) is 0 Å². The second-order valence-corrected chi connectivity index (χ2v) is 12.6. The summed E-state index contributed by atoms with van der Waals surface area (Å²) in [7, 11) is 1.42. The third-order valence-corrected chi connectivity index (χ3v) is 9.48. The lowest BCUT2D eigenvalue weighted by Crippen LogP contribution is -2.39. The van der Waals surface area contributed by atoms with Gasteiger partial charge in [-0.15, -0.1) is 15.0 Å². The van der Waals surface area contributed by atoms with Gasteiger partial charge in [0.25, 0.3) is 0 Å². The summed E-state index contributed by atoms with van der Waals surface area (Å²) in [5, 5.41) is 19.4. The molecular formula is C43H40N6O2. The largest absolute Gasteiger partial charge is 0.465 e. The molecule has 254 valence electrons. The second kappa shape index (κ2) is 14.8. The Hall–Kier alpha value is -6.15. The van der Waals surface area contributed by atoms with E-state index in [4.69, 9.17) is 25.2 Å². The van der Waals surface area contributed by atoms with Crippen LogP contribution in [0, 0.1) is 6.92 Å². The van der Waals surface area contributed by atoms with Gasteiger partial charge in [0.2, 0.25) is 5.82 Å². The zero-order valence-corrected chi connectivity index (χ0v) is 29.1. The number of hydrogen-bond donors (Lipinski definition) is 0. The SMILES string of the molecule is CCCCn1nc(Cc2ccc(-c3ccccc3-c3nnn(C(c4ccccc4)(c4ccccc4)c4ccccc4)n3)cc2)c(C(=O)OC)c1C. The normalized spacial score (nSPS) is 11.4. The van der Waals surface area contributed by atoms with Crippen LogP contribution in [-0.2, 0) is 23.2 Å². The van der Waals surface area contributed by atoms with Crippen molar-refractivity contribution in [2.24, 2.45) is 0 Å². The Bertz CT molecular complexity index is 2130. The summed E-state index contributed by atoms with van der Waals surface area (Å²) in [4.78, 5) is 14.5. The van der Waals surface area contributed by atoms with E-state index in [1.807, 2.05) is 84.4 Å². The molecule has 7 aromatic rings. The maximum Gasteiger partial charge on any atom is 0.341 e. The van der Waals surface area contributed by atoms with Crippen molar-refractivity contribution in [2.75, 3.05) is 7.11 Å². The standard InChI is InChI=1S/C43H40N6O2/c1-4-5-29-48-31(2)40(42(50)51-3)39(45-48)30-32-25-27-33(28-26-32)37-23-15-16-24-38(37)41-44-47-49(46-41)43(34-17-9-6-10-18-34,35-19-11-7-12-20-35)36-21-13-8-14-22-36/h6-28H,4-5,29-30H2,1-3H3. The zero-order valence-electron chi connectivity index (χ0n) is 29.1. The van der Waals surface area contributed by atoms with Crippen LogP contribution in [0.25, 0.3) is 22.5 Å². The van der Waals surface area contributed by atoms with Crippen molar-refractivity contribution in [3.8, 4) is 22.5 Å². The van der Waals surface area contributed by atoms with Gasteiger partial charge in [0, 0.05) is 18.5 Å². The summed E-state index contributed by atoms with van der Waals surface area (Å²) in [5.41, 5.74) is 8.25. The minimum atomic E-state index is -0.865. The van der Waals surface area contributed by atoms with Gasteiger partial charge >= 0.3 is 5.97 Å². The van der Waals surface area contributed by atoms with Crippen molar-refractivity contribution in [1.82, 2.24) is 30.0 Å². The average Bonchev–Trinajstić information content (AvgIpc) is 3.80. The van der Waals surface area contributed by atoms with Crippen LogP contribution in [-0.4, -0.2) is 43.1 Å². The van der Waals surface area contributed by atoms with Crippen molar-refractivity contribution >= 4 is 5.97 Å². The van der Waals surface area contributed by atoms with Crippen LogP contribution < -0.4 is 0 Å². The number of ether oxygens (including phenoxy) is 1. The molecule has 0 saturated heterocycles. The molecule has 2 heterocycles. The van der Waals surface area contributed by atoms with Gasteiger partial charge in [0.05, 0.1) is 18.5 Å². The van der Waals surface area contributed by atoms with E-state index in [1.165, 1.54) is 7.11 Å². The van der Waals surface area contributed by atoms with Crippen LogP contribution in [0.5, 0.6) is 0 Å². The van der Waals surface area contributed by atoms with E-state index >= 15 is 0 Å². The molecule has 2 aromatic heterocycles. The summed E-state index contributed by atoms with van der Waals surface area (Å²) in [6, 6.07) is 47.5. The predicted octanol–water partition coefficient (Wildman–Crippen LogP) is 8.53. The molecular weight excluding hydrogens is 633 g/mol. The number of tetrazole rings is 1. The Morgan fingerprint density at radius 2 is 1.25 bits per heavy atom. The third kappa shape index (κ3) is 6.36. The van der Waals surface area contributed by atoms with Crippen molar-refractivity contribution in [3.05, 3.63) is 179 Å². The van der Waals surface area contributed by atoms with Gasteiger partial charge in [0.1, 0.15) is 5.56 Å². The predicted molar refractivity (Wildman–Crippen MR) is 199 cm³/mol. The maximum atomic E-state index is 12.8. The molecule has 8 heteroatoms. The van der Waals surface area contributed by atoms with Gasteiger partial charge in [0.15, 0.2) is 5.54 Å². The highest BCUT2D eigenvalue weighted by Crippen LogP contribution is 2.40. The molecule has 0 unspecified atom stereocenters. The van der Waals surface area contributed by atoms with Gasteiger partial charge in [-0.3, -0.25) is 4.68 Å². The van der Waals surface area contributed by atoms with Gasteiger partial charge in [-0.1, -0.05) is 153 Å². The van der Waals surface area contributed by atoms with E-state index in [0.29, 0.717) is 17.8 Å². The number of aromatic nitrogens is 6. The fourth-order valence-corrected chi connectivity index (χ4v) is 6.90. The van der Waals surface area contributed by atoms with E-state index in [1.54, 1.807) is 4.80 Å². The molecule has 0 aliphatic rings. The maximum absolute atomic E-state index is 12.8. The Labute approximate surface area is 298 Å². The first kappa shape index (κ1) is 33.4. The van der Waals surface area contributed by atoms with Crippen LogP contribution in [0.15, 0.2) is 140 Å². The van der Waals surface area contributed by atoms with E-state index in [-0.39, 0.29) is 5.97 Å². The first-order chi connectivity index (χ1) is 25.0. The topological polar surface area (TPSA) is 87.7 Å². The van der Waals surface area contributed by atoms with Gasteiger partial charge in [-0.2, -0.15) is 5.10 Å². The zero-order chi connectivity index (χ0) is 35.2. The van der Waals surface area contributed by atoms with Crippen LogP contribution >= 0.6 is 0 Å². The number of nitrogens with zero attached hydrogens (tertiary/aromatic N) is 6. The molecule has 0 bridgehead atoms. The van der Waals surface area contributed by atoms with E-state index in [0.717, 1.165) is 69.7 Å². The fourth-order valence-electron chi connectivity index (χ4n) is 6.90. The summed E-state index contributed by atoms with van der Waals surface area (Å²) < 4.78 is 7.06. The van der Waals surface area contributed by atoms with E-state index < -0.39 is 5.54 Å². The number of carbonyl (C=O) groups is 1. The Kier molecular flexibility index (Phi) is 9.65. The molecule has 0 aliphatic heterocycles. The molecule has 0 fully saturated rings. The fraction of sp³-hybridized carbons (Fsp3) is 0.186. The molecule has 0 N–H and O–H groups in total. The number of rotatable bonds is 12. The molecule has 51 heavy (non-hydrogen) atoms. The molecule has 8 nitrogen and oxygen atoms in total. The highest BCUT2D eigenvalue weighted by atomic mass is 16.5. The summed E-state index contributed by atoms with van der Waals surface area (Å²) >= 11 is 0. The number of aryl methyl sites for hydroxylation is 1. The molecule has 0 radical (unpaired) electrons. The quantitative estimate of drug-likeness (QED) is 0.0955. The van der Waals surface area contributed by atoms with Crippen molar-refractivity contribution in [1.29, 1.82) is 0 Å². The first-order valence-corrected chi connectivity index (χ1v) is 17.3. The molecule has 0 saturated carbocycles. The third-order valence-electron chi connectivity index (χ3n) is 9.48. The number of carbonyl (C=O) groups excluding carboxylic acids is 1. The van der Waals surface area contributed by atoms with Crippen LogP contribution in [0.1, 0.15) is 63.8 Å². The minimum Gasteiger partial charge on any atom is -0.465 e. The van der Waals surface area contributed by atoms with Crippen molar-refractivity contribution in [2.45, 2.75) is 45.2 Å². The number of hydrogen-bond acceptors (Lipinski definition) is 6. The second-order valence-electron chi connectivity index (χ2n) is 12.6. The first-order valence-electron chi connectivity index (χ1n) is 17.3. The number of unbranched alkanes of at least 4 members (excludes halogenated alkanes) is 1.